The molecule has 1 unspecified atom stereocenters. The molecule has 1 aliphatic rings. The van der Waals surface area contributed by atoms with Gasteiger partial charge in [-0.2, -0.15) is 0 Å². The van der Waals surface area contributed by atoms with Crippen LogP contribution >= 0.6 is 11.8 Å². The number of thioether (sulfide) groups is 1. The molecule has 0 saturated heterocycles. The van der Waals surface area contributed by atoms with Crippen LogP contribution in [0, 0.1) is 12.8 Å². The molecule has 1 aliphatic carbocycles. The Morgan fingerprint density at radius 1 is 1.15 bits per heavy atom. The maximum absolute atomic E-state index is 3.80. The van der Waals surface area contributed by atoms with Gasteiger partial charge in [0.1, 0.15) is 0 Å². The number of aryl methyl sites for hydroxylation is 1. The van der Waals surface area contributed by atoms with E-state index in [1.807, 2.05) is 11.8 Å². The molecule has 0 bridgehead atoms. The van der Waals surface area contributed by atoms with Crippen LogP contribution in [0.2, 0.25) is 0 Å². The minimum absolute atomic E-state index is 0.696. The molecule has 1 aromatic rings. The van der Waals surface area contributed by atoms with Crippen molar-refractivity contribution in [2.75, 3.05) is 12.3 Å². The van der Waals surface area contributed by atoms with Crippen molar-refractivity contribution in [3.8, 4) is 0 Å². The third-order valence-electron chi connectivity index (χ3n) is 4.33. The van der Waals surface area contributed by atoms with Crippen molar-refractivity contribution in [1.82, 2.24) is 5.32 Å². The zero-order valence-electron chi connectivity index (χ0n) is 13.0. The first-order chi connectivity index (χ1) is 9.79. The smallest absolute Gasteiger partial charge is 0.0189 e. The van der Waals surface area contributed by atoms with Gasteiger partial charge in [-0.1, -0.05) is 43.9 Å². The molecule has 0 amide bonds. The molecule has 0 spiro atoms. The van der Waals surface area contributed by atoms with Crippen LogP contribution in [0.5, 0.6) is 0 Å². The van der Waals surface area contributed by atoms with Crippen molar-refractivity contribution in [2.45, 2.75) is 63.3 Å². The monoisotopic (exact) mass is 291 g/mol. The Morgan fingerprint density at radius 3 is 2.50 bits per heavy atom. The lowest BCUT2D eigenvalue weighted by Gasteiger charge is -2.31. The Labute approximate surface area is 128 Å². The molecule has 1 N–H and O–H groups in total. The lowest BCUT2D eigenvalue weighted by Crippen LogP contribution is -2.39. The summed E-state index contributed by atoms with van der Waals surface area (Å²) in [4.78, 5) is 1.41. The van der Waals surface area contributed by atoms with E-state index in [-0.39, 0.29) is 0 Å². The molecule has 0 heterocycles. The molecule has 0 aliphatic heterocycles. The highest BCUT2D eigenvalue weighted by Gasteiger charge is 2.23. The van der Waals surface area contributed by atoms with Crippen LogP contribution in [0.25, 0.3) is 0 Å². The fraction of sp³-hybridized carbons (Fsp3) is 0.667. The van der Waals surface area contributed by atoms with Crippen LogP contribution < -0.4 is 5.32 Å². The Morgan fingerprint density at radius 2 is 1.85 bits per heavy atom. The van der Waals surface area contributed by atoms with Gasteiger partial charge >= 0.3 is 0 Å². The van der Waals surface area contributed by atoms with Gasteiger partial charge < -0.3 is 5.32 Å². The second-order valence-electron chi connectivity index (χ2n) is 6.08. The molecule has 0 radical (unpaired) electrons. The van der Waals surface area contributed by atoms with Gasteiger partial charge in [0.2, 0.25) is 0 Å². The van der Waals surface area contributed by atoms with E-state index in [0.29, 0.717) is 6.04 Å². The van der Waals surface area contributed by atoms with Crippen molar-refractivity contribution in [3.63, 3.8) is 0 Å². The van der Waals surface area contributed by atoms with Gasteiger partial charge in [-0.25, -0.2) is 0 Å². The zero-order valence-corrected chi connectivity index (χ0v) is 13.8. The zero-order chi connectivity index (χ0) is 14.2. The molecule has 1 saturated carbocycles. The third kappa shape index (κ3) is 5.14. The number of hydrogen-bond donors (Lipinski definition) is 1. The molecule has 0 aromatic heterocycles. The normalized spacial score (nSPS) is 18.1. The first kappa shape index (κ1) is 15.9. The molecule has 20 heavy (non-hydrogen) atoms. The summed E-state index contributed by atoms with van der Waals surface area (Å²) in [5, 5.41) is 3.80. The van der Waals surface area contributed by atoms with E-state index in [0.717, 1.165) is 12.5 Å². The maximum atomic E-state index is 3.80. The summed E-state index contributed by atoms with van der Waals surface area (Å²) in [6.07, 6.45) is 8.40. The molecule has 2 rings (SSSR count). The van der Waals surface area contributed by atoms with Gasteiger partial charge in [-0.05, 0) is 50.8 Å². The topological polar surface area (TPSA) is 12.0 Å². The fourth-order valence-electron chi connectivity index (χ4n) is 3.05. The van der Waals surface area contributed by atoms with Crippen molar-refractivity contribution >= 4 is 11.8 Å². The average Bonchev–Trinajstić information content (AvgIpc) is 2.50. The number of nitrogens with one attached hydrogen (secondary N) is 1. The highest BCUT2D eigenvalue weighted by molar-refractivity contribution is 7.99. The summed E-state index contributed by atoms with van der Waals surface area (Å²) in [6.45, 7) is 5.58. The first-order valence-corrected chi connectivity index (χ1v) is 9.21. The number of rotatable bonds is 7. The SMILES string of the molecule is CCCNC(CSc1ccc(C)cc1)C1CCCCC1. The molecular weight excluding hydrogens is 262 g/mol. The standard InChI is InChI=1S/C18H29NS/c1-3-13-19-18(16-7-5-4-6-8-16)14-20-17-11-9-15(2)10-12-17/h9-12,16,18-19H,3-8,13-14H2,1-2H3. The quantitative estimate of drug-likeness (QED) is 0.707. The average molecular weight is 292 g/mol. The lowest BCUT2D eigenvalue weighted by atomic mass is 9.84. The summed E-state index contributed by atoms with van der Waals surface area (Å²) in [6, 6.07) is 9.66. The summed E-state index contributed by atoms with van der Waals surface area (Å²) < 4.78 is 0. The molecule has 1 aromatic carbocycles. The van der Waals surface area contributed by atoms with Crippen molar-refractivity contribution in [2.24, 2.45) is 5.92 Å². The van der Waals surface area contributed by atoms with Crippen LogP contribution in [-0.2, 0) is 0 Å². The predicted molar refractivity (Wildman–Crippen MR) is 90.6 cm³/mol. The Kier molecular flexibility index (Phi) is 6.95. The van der Waals surface area contributed by atoms with Gasteiger partial charge in [0.05, 0.1) is 0 Å². The summed E-state index contributed by atoms with van der Waals surface area (Å²) in [5.74, 6) is 2.11. The van der Waals surface area contributed by atoms with E-state index < -0.39 is 0 Å². The minimum atomic E-state index is 0.696. The van der Waals surface area contributed by atoms with Gasteiger partial charge in [0.25, 0.3) is 0 Å². The van der Waals surface area contributed by atoms with Gasteiger partial charge in [-0.3, -0.25) is 0 Å². The van der Waals surface area contributed by atoms with E-state index in [1.54, 1.807) is 0 Å². The fourth-order valence-corrected chi connectivity index (χ4v) is 4.14. The predicted octanol–water partition coefficient (Wildman–Crippen LogP) is 5.04. The summed E-state index contributed by atoms with van der Waals surface area (Å²) in [5.41, 5.74) is 1.35. The maximum Gasteiger partial charge on any atom is 0.0189 e. The Bertz CT molecular complexity index is 368. The van der Waals surface area contributed by atoms with Crippen LogP contribution in [0.1, 0.15) is 51.0 Å². The number of benzene rings is 1. The lowest BCUT2D eigenvalue weighted by molar-refractivity contribution is 0.285. The van der Waals surface area contributed by atoms with Crippen LogP contribution in [0.3, 0.4) is 0 Å². The highest BCUT2D eigenvalue weighted by Crippen LogP contribution is 2.29. The molecular formula is C18H29NS. The largest absolute Gasteiger partial charge is 0.313 e. The van der Waals surface area contributed by atoms with Gasteiger partial charge in [-0.15, -0.1) is 11.8 Å². The van der Waals surface area contributed by atoms with Gasteiger partial charge in [0, 0.05) is 16.7 Å². The van der Waals surface area contributed by atoms with Gasteiger partial charge in [0.15, 0.2) is 0 Å². The molecule has 112 valence electrons. The first-order valence-electron chi connectivity index (χ1n) is 8.22. The van der Waals surface area contributed by atoms with E-state index in [1.165, 1.54) is 54.7 Å². The Balaban J connectivity index is 1.87. The van der Waals surface area contributed by atoms with Crippen LogP contribution in [0.4, 0.5) is 0 Å². The minimum Gasteiger partial charge on any atom is -0.313 e. The second-order valence-corrected chi connectivity index (χ2v) is 7.18. The number of hydrogen-bond acceptors (Lipinski definition) is 2. The molecule has 1 nitrogen and oxygen atoms in total. The van der Waals surface area contributed by atoms with E-state index >= 15 is 0 Å². The van der Waals surface area contributed by atoms with E-state index in [4.69, 9.17) is 0 Å². The molecule has 2 heteroatoms. The summed E-state index contributed by atoms with van der Waals surface area (Å²) >= 11 is 2.02. The highest BCUT2D eigenvalue weighted by atomic mass is 32.2. The van der Waals surface area contributed by atoms with Crippen molar-refractivity contribution < 1.29 is 0 Å². The molecule has 1 fully saturated rings. The second kappa shape index (κ2) is 8.74. The van der Waals surface area contributed by atoms with Crippen LogP contribution in [-0.4, -0.2) is 18.3 Å². The van der Waals surface area contributed by atoms with E-state index in [2.05, 4.69) is 43.4 Å². The van der Waals surface area contributed by atoms with Crippen LogP contribution in [0.15, 0.2) is 29.2 Å². The Hall–Kier alpha value is -0.470. The summed E-state index contributed by atoms with van der Waals surface area (Å²) in [7, 11) is 0. The third-order valence-corrected chi connectivity index (χ3v) is 5.46. The van der Waals surface area contributed by atoms with Crippen molar-refractivity contribution in [3.05, 3.63) is 29.8 Å². The van der Waals surface area contributed by atoms with Crippen molar-refractivity contribution in [1.29, 1.82) is 0 Å². The van der Waals surface area contributed by atoms with E-state index in [9.17, 15) is 0 Å². The molecule has 1 atom stereocenters.